The third kappa shape index (κ3) is 3.58. The maximum atomic E-state index is 13.6. The molecule has 1 heterocycles. The van der Waals surface area contributed by atoms with Crippen LogP contribution in [0.25, 0.3) is 10.4 Å². The SMILES string of the molecule is O=Cc1ccc(-c2ccc(F)cc2C(=O)OCc2ccccc2)s1. The van der Waals surface area contributed by atoms with Crippen molar-refractivity contribution in [1.29, 1.82) is 0 Å². The van der Waals surface area contributed by atoms with Gasteiger partial charge in [0.2, 0.25) is 0 Å². The number of aldehydes is 1. The van der Waals surface area contributed by atoms with Crippen molar-refractivity contribution in [3.8, 4) is 10.4 Å². The van der Waals surface area contributed by atoms with Crippen LogP contribution in [0.1, 0.15) is 25.6 Å². The van der Waals surface area contributed by atoms with Gasteiger partial charge in [-0.1, -0.05) is 30.3 Å². The second kappa shape index (κ2) is 7.19. The van der Waals surface area contributed by atoms with Crippen molar-refractivity contribution in [2.45, 2.75) is 6.61 Å². The Balaban J connectivity index is 1.87. The first-order valence-corrected chi connectivity index (χ1v) is 8.05. The number of ether oxygens (including phenoxy) is 1. The zero-order valence-corrected chi connectivity index (χ0v) is 13.4. The smallest absolute Gasteiger partial charge is 0.339 e. The van der Waals surface area contributed by atoms with Gasteiger partial charge >= 0.3 is 5.97 Å². The molecule has 120 valence electrons. The van der Waals surface area contributed by atoms with Gasteiger partial charge in [-0.05, 0) is 35.9 Å². The van der Waals surface area contributed by atoms with E-state index in [1.165, 1.54) is 23.5 Å². The summed E-state index contributed by atoms with van der Waals surface area (Å²) in [6.07, 6.45) is 0.741. The number of halogens is 1. The first kappa shape index (κ1) is 16.1. The number of carbonyl (C=O) groups excluding carboxylic acids is 2. The molecule has 0 N–H and O–H groups in total. The van der Waals surface area contributed by atoms with Crippen LogP contribution in [0, 0.1) is 5.82 Å². The van der Waals surface area contributed by atoms with Crippen LogP contribution in [0.2, 0.25) is 0 Å². The van der Waals surface area contributed by atoms with Crippen LogP contribution in [-0.4, -0.2) is 12.3 Å². The Kier molecular flexibility index (Phi) is 4.82. The molecule has 0 spiro atoms. The molecule has 0 saturated heterocycles. The lowest BCUT2D eigenvalue weighted by Gasteiger charge is -2.09. The molecule has 1 aromatic heterocycles. The molecule has 3 nitrogen and oxygen atoms in total. The van der Waals surface area contributed by atoms with Crippen molar-refractivity contribution in [1.82, 2.24) is 0 Å². The topological polar surface area (TPSA) is 43.4 Å². The molecule has 2 aromatic carbocycles. The molecule has 0 unspecified atom stereocenters. The Bertz CT molecular complexity index is 871. The largest absolute Gasteiger partial charge is 0.457 e. The molecule has 24 heavy (non-hydrogen) atoms. The average Bonchev–Trinajstić information content (AvgIpc) is 3.09. The van der Waals surface area contributed by atoms with E-state index in [9.17, 15) is 14.0 Å². The summed E-state index contributed by atoms with van der Waals surface area (Å²) in [4.78, 5) is 24.5. The van der Waals surface area contributed by atoms with Crippen LogP contribution in [0.5, 0.6) is 0 Å². The van der Waals surface area contributed by atoms with Gasteiger partial charge in [-0.15, -0.1) is 11.3 Å². The van der Waals surface area contributed by atoms with Crippen LogP contribution in [0.15, 0.2) is 60.7 Å². The summed E-state index contributed by atoms with van der Waals surface area (Å²) in [5, 5.41) is 0. The summed E-state index contributed by atoms with van der Waals surface area (Å²) in [5.74, 6) is -1.12. The molecular weight excluding hydrogens is 327 g/mol. The maximum absolute atomic E-state index is 13.6. The lowest BCUT2D eigenvalue weighted by Crippen LogP contribution is -2.07. The molecule has 3 rings (SSSR count). The molecule has 0 bridgehead atoms. The van der Waals surface area contributed by atoms with Crippen molar-refractivity contribution in [2.24, 2.45) is 0 Å². The lowest BCUT2D eigenvalue weighted by molar-refractivity contribution is 0.0473. The summed E-state index contributed by atoms with van der Waals surface area (Å²) in [5.41, 5.74) is 1.54. The van der Waals surface area contributed by atoms with E-state index in [1.54, 1.807) is 12.1 Å². The first-order chi connectivity index (χ1) is 11.7. The third-order valence-corrected chi connectivity index (χ3v) is 4.47. The summed E-state index contributed by atoms with van der Waals surface area (Å²) in [6.45, 7) is 0.111. The Hall–Kier alpha value is -2.79. The second-order valence-electron chi connectivity index (χ2n) is 5.07. The van der Waals surface area contributed by atoms with E-state index in [-0.39, 0.29) is 12.2 Å². The van der Waals surface area contributed by atoms with Gasteiger partial charge in [0.1, 0.15) is 12.4 Å². The van der Waals surface area contributed by atoms with Crippen LogP contribution in [0.3, 0.4) is 0 Å². The highest BCUT2D eigenvalue weighted by Crippen LogP contribution is 2.31. The summed E-state index contributed by atoms with van der Waals surface area (Å²) in [7, 11) is 0. The van der Waals surface area contributed by atoms with Gasteiger partial charge < -0.3 is 4.74 Å². The highest BCUT2D eigenvalue weighted by atomic mass is 32.1. The van der Waals surface area contributed by atoms with E-state index in [0.717, 1.165) is 17.9 Å². The monoisotopic (exact) mass is 340 g/mol. The summed E-state index contributed by atoms with van der Waals surface area (Å²) >= 11 is 1.24. The van der Waals surface area contributed by atoms with E-state index in [4.69, 9.17) is 4.74 Å². The number of thiophene rings is 1. The van der Waals surface area contributed by atoms with Crippen molar-refractivity contribution in [3.05, 3.63) is 82.5 Å². The van der Waals surface area contributed by atoms with Gasteiger partial charge in [-0.2, -0.15) is 0 Å². The van der Waals surface area contributed by atoms with Gasteiger partial charge in [0.05, 0.1) is 10.4 Å². The minimum atomic E-state index is -0.602. The molecule has 0 aliphatic rings. The zero-order chi connectivity index (χ0) is 16.9. The highest BCUT2D eigenvalue weighted by molar-refractivity contribution is 7.17. The zero-order valence-electron chi connectivity index (χ0n) is 12.6. The minimum absolute atomic E-state index is 0.111. The minimum Gasteiger partial charge on any atom is -0.457 e. The fourth-order valence-corrected chi connectivity index (χ4v) is 3.12. The number of hydrogen-bond acceptors (Lipinski definition) is 4. The van der Waals surface area contributed by atoms with Crippen molar-refractivity contribution < 1.29 is 18.7 Å². The van der Waals surface area contributed by atoms with E-state index >= 15 is 0 Å². The van der Waals surface area contributed by atoms with E-state index < -0.39 is 11.8 Å². The first-order valence-electron chi connectivity index (χ1n) is 7.23. The Morgan fingerprint density at radius 3 is 2.58 bits per heavy atom. The van der Waals surface area contributed by atoms with Crippen LogP contribution in [-0.2, 0) is 11.3 Å². The normalized spacial score (nSPS) is 10.4. The van der Waals surface area contributed by atoms with Crippen molar-refractivity contribution in [2.75, 3.05) is 0 Å². The van der Waals surface area contributed by atoms with Gasteiger partial charge in [-0.25, -0.2) is 9.18 Å². The molecule has 0 saturated carbocycles. The lowest BCUT2D eigenvalue weighted by atomic mass is 10.1. The quantitative estimate of drug-likeness (QED) is 0.498. The number of hydrogen-bond donors (Lipinski definition) is 0. The van der Waals surface area contributed by atoms with E-state index in [2.05, 4.69) is 0 Å². The molecule has 0 atom stereocenters. The molecule has 0 fully saturated rings. The predicted octanol–water partition coefficient (Wildman–Crippen LogP) is 4.72. The number of benzene rings is 2. The van der Waals surface area contributed by atoms with Gasteiger partial charge in [0.25, 0.3) is 0 Å². The highest BCUT2D eigenvalue weighted by Gasteiger charge is 2.17. The molecule has 3 aromatic rings. The van der Waals surface area contributed by atoms with Crippen LogP contribution >= 0.6 is 11.3 Å². The van der Waals surface area contributed by atoms with Crippen LogP contribution < -0.4 is 0 Å². The van der Waals surface area contributed by atoms with Gasteiger partial charge in [0.15, 0.2) is 6.29 Å². The Morgan fingerprint density at radius 1 is 1.08 bits per heavy atom. The summed E-state index contributed by atoms with van der Waals surface area (Å²) < 4.78 is 18.9. The van der Waals surface area contributed by atoms with E-state index in [0.29, 0.717) is 15.3 Å². The van der Waals surface area contributed by atoms with Gasteiger partial charge in [0, 0.05) is 10.4 Å². The molecule has 5 heteroatoms. The summed E-state index contributed by atoms with van der Waals surface area (Å²) in [6, 6.07) is 16.6. The van der Waals surface area contributed by atoms with Crippen molar-refractivity contribution in [3.63, 3.8) is 0 Å². The number of rotatable bonds is 5. The standard InChI is InChI=1S/C19H13FO3S/c20-14-6-8-16(18-9-7-15(11-21)24-18)17(10-14)19(22)23-12-13-4-2-1-3-5-13/h1-11H,12H2. The van der Waals surface area contributed by atoms with Gasteiger partial charge in [-0.3, -0.25) is 4.79 Å². The predicted molar refractivity (Wildman–Crippen MR) is 90.7 cm³/mol. The third-order valence-electron chi connectivity index (χ3n) is 3.42. The van der Waals surface area contributed by atoms with E-state index in [1.807, 2.05) is 30.3 Å². The number of carbonyl (C=O) groups is 2. The molecule has 0 amide bonds. The average molecular weight is 340 g/mol. The van der Waals surface area contributed by atoms with Crippen LogP contribution in [0.4, 0.5) is 4.39 Å². The fourth-order valence-electron chi connectivity index (χ4n) is 2.26. The second-order valence-corrected chi connectivity index (χ2v) is 6.19. The Labute approximate surface area is 142 Å². The molecule has 0 radical (unpaired) electrons. The van der Waals surface area contributed by atoms with Crippen molar-refractivity contribution >= 4 is 23.6 Å². The molecule has 0 aliphatic carbocycles. The fraction of sp³-hybridized carbons (Fsp3) is 0.0526. The maximum Gasteiger partial charge on any atom is 0.339 e. The Morgan fingerprint density at radius 2 is 1.88 bits per heavy atom. The number of esters is 1. The molecule has 0 aliphatic heterocycles. The molecular formula is C19H13FO3S.